The van der Waals surface area contributed by atoms with Crippen molar-refractivity contribution in [1.82, 2.24) is 20.4 Å². The molecule has 8 heteroatoms. The first kappa shape index (κ1) is 20.1. The van der Waals surface area contributed by atoms with Crippen LogP contribution in [-0.2, 0) is 16.6 Å². The molecule has 1 aromatic rings. The number of anilines is 1. The number of aryl methyl sites for hydroxylation is 1. The molecule has 2 fully saturated rings. The average molecular weight is 387 g/mol. The molecule has 152 valence electrons. The van der Waals surface area contributed by atoms with Gasteiger partial charge < -0.3 is 21.4 Å². The molecule has 0 radical (unpaired) electrons. The molecule has 0 saturated heterocycles. The van der Waals surface area contributed by atoms with E-state index in [-0.39, 0.29) is 23.8 Å². The van der Waals surface area contributed by atoms with Gasteiger partial charge >= 0.3 is 0 Å². The number of aromatic nitrogens is 2. The second-order valence-corrected chi connectivity index (χ2v) is 8.14. The lowest BCUT2D eigenvalue weighted by Crippen LogP contribution is -2.51. The van der Waals surface area contributed by atoms with Crippen molar-refractivity contribution < 1.29 is 9.59 Å². The fourth-order valence-corrected chi connectivity index (χ4v) is 3.74. The number of amides is 2. The number of allylic oxidation sites excluding steroid dienone is 1. The maximum absolute atomic E-state index is 13.1. The first-order valence-electron chi connectivity index (χ1n) is 9.96. The van der Waals surface area contributed by atoms with Crippen molar-refractivity contribution in [2.24, 2.45) is 24.8 Å². The number of hydrogen-bond acceptors (Lipinski definition) is 5. The molecule has 0 aromatic carbocycles. The van der Waals surface area contributed by atoms with Crippen LogP contribution in [0.2, 0.25) is 0 Å². The molecule has 1 unspecified atom stereocenters. The van der Waals surface area contributed by atoms with Gasteiger partial charge in [0.2, 0.25) is 5.91 Å². The van der Waals surface area contributed by atoms with Crippen molar-refractivity contribution in [2.75, 3.05) is 5.32 Å². The summed E-state index contributed by atoms with van der Waals surface area (Å²) in [5.74, 6) is 0.580. The first-order chi connectivity index (χ1) is 13.4. The molecule has 2 amide bonds. The monoisotopic (exact) mass is 386 g/mol. The van der Waals surface area contributed by atoms with Crippen LogP contribution in [0.25, 0.3) is 0 Å². The Hall–Kier alpha value is -2.64. The maximum atomic E-state index is 13.1. The van der Waals surface area contributed by atoms with Crippen molar-refractivity contribution in [3.8, 4) is 0 Å². The van der Waals surface area contributed by atoms with Gasteiger partial charge in [-0.05, 0) is 63.4 Å². The van der Waals surface area contributed by atoms with Gasteiger partial charge in [0.05, 0.1) is 11.9 Å². The quantitative estimate of drug-likeness (QED) is 0.363. The smallest absolute Gasteiger partial charge is 0.268 e. The first-order valence-corrected chi connectivity index (χ1v) is 9.96. The molecule has 2 aliphatic rings. The second kappa shape index (κ2) is 8.58. The van der Waals surface area contributed by atoms with E-state index in [0.29, 0.717) is 23.2 Å². The summed E-state index contributed by atoms with van der Waals surface area (Å²) >= 11 is 0. The highest BCUT2D eigenvalue weighted by Crippen LogP contribution is 2.50. The van der Waals surface area contributed by atoms with E-state index in [9.17, 15) is 9.59 Å². The van der Waals surface area contributed by atoms with E-state index in [2.05, 4.69) is 21.0 Å². The molecule has 2 aliphatic carbocycles. The predicted octanol–water partition coefficient (Wildman–Crippen LogP) is 1.81. The van der Waals surface area contributed by atoms with Gasteiger partial charge in [-0.3, -0.25) is 14.3 Å². The van der Waals surface area contributed by atoms with Gasteiger partial charge in [0.1, 0.15) is 11.7 Å². The molecule has 8 nitrogen and oxygen atoms in total. The van der Waals surface area contributed by atoms with Crippen LogP contribution >= 0.6 is 0 Å². The second-order valence-electron chi connectivity index (χ2n) is 8.14. The van der Waals surface area contributed by atoms with Gasteiger partial charge in [0, 0.05) is 25.5 Å². The van der Waals surface area contributed by atoms with Crippen LogP contribution in [0.15, 0.2) is 24.2 Å². The molecule has 0 spiro atoms. The highest BCUT2D eigenvalue weighted by atomic mass is 16.2. The van der Waals surface area contributed by atoms with Gasteiger partial charge in [0.25, 0.3) is 5.91 Å². The van der Waals surface area contributed by atoms with Crippen molar-refractivity contribution in [2.45, 2.75) is 51.6 Å². The number of nitrogens with one attached hydrogen (secondary N) is 4. The van der Waals surface area contributed by atoms with Gasteiger partial charge in [-0.2, -0.15) is 5.10 Å². The Balaban J connectivity index is 1.79. The van der Waals surface area contributed by atoms with E-state index >= 15 is 0 Å². The molecule has 28 heavy (non-hydrogen) atoms. The summed E-state index contributed by atoms with van der Waals surface area (Å²) in [5.41, 5.74) is 0.919. The lowest BCUT2D eigenvalue weighted by Gasteiger charge is -2.28. The Bertz CT molecular complexity index is 749. The Kier molecular flexibility index (Phi) is 6.16. The Morgan fingerprint density at radius 3 is 2.32 bits per heavy atom. The highest BCUT2D eigenvalue weighted by Gasteiger charge is 2.48. The van der Waals surface area contributed by atoms with Crippen LogP contribution in [0.1, 0.15) is 39.5 Å². The van der Waals surface area contributed by atoms with Gasteiger partial charge in [0.15, 0.2) is 0 Å². The fourth-order valence-electron chi connectivity index (χ4n) is 3.74. The van der Waals surface area contributed by atoms with Crippen molar-refractivity contribution in [1.29, 1.82) is 5.41 Å². The standard InChI is InChI=1S/C20H30N6O2/c1-12(2)23-16(8-9-21)19(27)25-18(17(13-4-5-13)14-6-7-14)20(28)24-15-10-22-26(3)11-15/h8-14,17-18,21,23H,4-7H2,1-3H3,(H,24,28)(H,25,27)/b16-8-,21-9?. The van der Waals surface area contributed by atoms with Gasteiger partial charge in [-0.25, -0.2) is 0 Å². The van der Waals surface area contributed by atoms with E-state index in [1.807, 2.05) is 13.8 Å². The maximum Gasteiger partial charge on any atom is 0.268 e. The minimum absolute atomic E-state index is 0.0438. The number of hydrogen-bond donors (Lipinski definition) is 4. The predicted molar refractivity (Wildman–Crippen MR) is 108 cm³/mol. The van der Waals surface area contributed by atoms with E-state index in [1.165, 1.54) is 6.08 Å². The average Bonchev–Trinajstić information content (AvgIpc) is 3.55. The molecular formula is C20H30N6O2. The summed E-state index contributed by atoms with van der Waals surface area (Å²) in [6.07, 6.45) is 10.3. The third-order valence-corrected chi connectivity index (χ3v) is 5.20. The SMILES string of the molecule is CC(C)N/C(=C\C=N)C(=O)NC(C(=O)Nc1cnn(C)c1)C(C1CC1)C1CC1. The largest absolute Gasteiger partial charge is 0.378 e. The molecule has 3 rings (SSSR count). The molecule has 0 aliphatic heterocycles. The fraction of sp³-hybridized carbons (Fsp3) is 0.600. The van der Waals surface area contributed by atoms with Crippen LogP contribution in [0.4, 0.5) is 5.69 Å². The third kappa shape index (κ3) is 5.21. The zero-order valence-corrected chi connectivity index (χ0v) is 16.7. The zero-order chi connectivity index (χ0) is 20.3. The van der Waals surface area contributed by atoms with Crippen LogP contribution in [0, 0.1) is 23.2 Å². The van der Waals surface area contributed by atoms with E-state index < -0.39 is 6.04 Å². The van der Waals surface area contributed by atoms with Crippen molar-refractivity contribution in [3.05, 3.63) is 24.2 Å². The van der Waals surface area contributed by atoms with E-state index in [1.54, 1.807) is 24.1 Å². The summed E-state index contributed by atoms with van der Waals surface area (Å²) in [4.78, 5) is 26.0. The third-order valence-electron chi connectivity index (χ3n) is 5.20. The van der Waals surface area contributed by atoms with Gasteiger partial charge in [-0.15, -0.1) is 0 Å². The molecule has 2 saturated carbocycles. The number of carbonyl (C=O) groups excluding carboxylic acids is 2. The topological polar surface area (TPSA) is 112 Å². The van der Waals surface area contributed by atoms with Crippen molar-refractivity contribution >= 4 is 23.7 Å². The lowest BCUT2D eigenvalue weighted by molar-refractivity contribution is -0.126. The summed E-state index contributed by atoms with van der Waals surface area (Å²) in [7, 11) is 1.79. The lowest BCUT2D eigenvalue weighted by atomic mass is 9.88. The van der Waals surface area contributed by atoms with E-state index in [4.69, 9.17) is 5.41 Å². The minimum Gasteiger partial charge on any atom is -0.378 e. The Labute approximate surface area is 165 Å². The van der Waals surface area contributed by atoms with Gasteiger partial charge in [-0.1, -0.05) is 0 Å². The molecule has 0 bridgehead atoms. The van der Waals surface area contributed by atoms with Crippen LogP contribution in [0.5, 0.6) is 0 Å². The summed E-state index contributed by atoms with van der Waals surface area (Å²) < 4.78 is 1.62. The molecule has 1 heterocycles. The zero-order valence-electron chi connectivity index (χ0n) is 16.7. The van der Waals surface area contributed by atoms with E-state index in [0.717, 1.165) is 31.9 Å². The van der Waals surface area contributed by atoms with Crippen LogP contribution in [0.3, 0.4) is 0 Å². The minimum atomic E-state index is -0.601. The Morgan fingerprint density at radius 2 is 1.86 bits per heavy atom. The highest BCUT2D eigenvalue weighted by molar-refractivity contribution is 6.02. The molecular weight excluding hydrogens is 356 g/mol. The number of carbonyl (C=O) groups is 2. The molecule has 4 N–H and O–H groups in total. The number of nitrogens with zero attached hydrogens (tertiary/aromatic N) is 2. The Morgan fingerprint density at radius 1 is 1.21 bits per heavy atom. The van der Waals surface area contributed by atoms with Crippen LogP contribution < -0.4 is 16.0 Å². The summed E-state index contributed by atoms with van der Waals surface area (Å²) in [6, 6.07) is -0.557. The van der Waals surface area contributed by atoms with Crippen molar-refractivity contribution in [3.63, 3.8) is 0 Å². The van der Waals surface area contributed by atoms with Crippen LogP contribution in [-0.4, -0.2) is 39.9 Å². The number of rotatable bonds is 10. The molecule has 1 atom stereocenters. The summed E-state index contributed by atoms with van der Waals surface area (Å²) in [5, 5.41) is 20.3. The molecule has 1 aromatic heterocycles. The normalized spacial score (nSPS) is 18.1. The summed E-state index contributed by atoms with van der Waals surface area (Å²) in [6.45, 7) is 3.85.